The van der Waals surface area contributed by atoms with Gasteiger partial charge in [-0.05, 0) is 30.3 Å². The first kappa shape index (κ1) is 16.6. The van der Waals surface area contributed by atoms with Crippen molar-refractivity contribution in [3.8, 4) is 11.3 Å². The molecule has 0 atom stereocenters. The summed E-state index contributed by atoms with van der Waals surface area (Å²) in [6.07, 6.45) is 3.75. The summed E-state index contributed by atoms with van der Waals surface area (Å²) in [6, 6.07) is 19.2. The van der Waals surface area contributed by atoms with Crippen LogP contribution in [0.2, 0.25) is 5.02 Å². The highest BCUT2D eigenvalue weighted by Gasteiger charge is 2.19. The van der Waals surface area contributed by atoms with Crippen LogP contribution in [0, 0.1) is 0 Å². The van der Waals surface area contributed by atoms with Crippen molar-refractivity contribution in [2.45, 2.75) is 4.90 Å². The van der Waals surface area contributed by atoms with Gasteiger partial charge in [0.15, 0.2) is 0 Å². The lowest BCUT2D eigenvalue weighted by Gasteiger charge is -2.12. The quantitative estimate of drug-likeness (QED) is 0.566. The summed E-state index contributed by atoms with van der Waals surface area (Å²) in [4.78, 5) is 4.60. The standard InChI is InChI=1S/C19H14ClN3O2S/c20-15-8-2-4-10-18(15)26(24,25)22-16-9-3-1-7-14(16)17-13-23-12-6-5-11-19(23)21-17/h1-13,22H. The number of hydrogen-bond donors (Lipinski definition) is 1. The van der Waals surface area contributed by atoms with Crippen LogP contribution in [0.3, 0.4) is 0 Å². The molecule has 26 heavy (non-hydrogen) atoms. The number of rotatable bonds is 4. The molecule has 0 aliphatic heterocycles. The third kappa shape index (κ3) is 3.05. The smallest absolute Gasteiger partial charge is 0.263 e. The maximum absolute atomic E-state index is 12.8. The van der Waals surface area contributed by atoms with E-state index in [1.807, 2.05) is 47.1 Å². The summed E-state index contributed by atoms with van der Waals surface area (Å²) < 4.78 is 30.0. The summed E-state index contributed by atoms with van der Waals surface area (Å²) in [7, 11) is -3.82. The van der Waals surface area contributed by atoms with Crippen LogP contribution in [0.5, 0.6) is 0 Å². The maximum atomic E-state index is 12.8. The van der Waals surface area contributed by atoms with Crippen LogP contribution in [-0.2, 0) is 10.0 Å². The first-order valence-corrected chi connectivity index (χ1v) is 9.71. The molecule has 1 N–H and O–H groups in total. The van der Waals surface area contributed by atoms with Crippen LogP contribution in [0.4, 0.5) is 5.69 Å². The fraction of sp³-hybridized carbons (Fsp3) is 0. The molecule has 2 heterocycles. The van der Waals surface area contributed by atoms with E-state index in [0.717, 1.165) is 5.65 Å². The SMILES string of the molecule is O=S(=O)(Nc1ccccc1-c1cn2ccccc2n1)c1ccccc1Cl. The Morgan fingerprint density at radius 2 is 1.65 bits per heavy atom. The minimum Gasteiger partial charge on any atom is -0.306 e. The monoisotopic (exact) mass is 383 g/mol. The summed E-state index contributed by atoms with van der Waals surface area (Å²) in [5.41, 5.74) is 2.59. The molecule has 130 valence electrons. The highest BCUT2D eigenvalue weighted by molar-refractivity contribution is 7.92. The largest absolute Gasteiger partial charge is 0.306 e. The normalized spacial score (nSPS) is 11.6. The Labute approximate surface area is 155 Å². The molecule has 4 aromatic rings. The van der Waals surface area contributed by atoms with Crippen molar-refractivity contribution in [1.82, 2.24) is 9.38 Å². The first-order valence-electron chi connectivity index (χ1n) is 7.85. The Morgan fingerprint density at radius 1 is 0.923 bits per heavy atom. The number of fused-ring (bicyclic) bond motifs is 1. The number of para-hydroxylation sites is 1. The van der Waals surface area contributed by atoms with Crippen LogP contribution < -0.4 is 4.72 Å². The van der Waals surface area contributed by atoms with Gasteiger partial charge >= 0.3 is 0 Å². The number of nitrogens with zero attached hydrogens (tertiary/aromatic N) is 2. The second-order valence-electron chi connectivity index (χ2n) is 5.67. The van der Waals surface area contributed by atoms with Crippen molar-refractivity contribution in [2.75, 3.05) is 4.72 Å². The lowest BCUT2D eigenvalue weighted by atomic mass is 10.1. The molecule has 0 aliphatic rings. The van der Waals surface area contributed by atoms with E-state index in [4.69, 9.17) is 11.6 Å². The molecule has 5 nitrogen and oxygen atoms in total. The maximum Gasteiger partial charge on any atom is 0.263 e. The highest BCUT2D eigenvalue weighted by Crippen LogP contribution is 2.30. The van der Waals surface area contributed by atoms with Gasteiger partial charge in [-0.2, -0.15) is 0 Å². The zero-order valence-corrected chi connectivity index (χ0v) is 15.1. The van der Waals surface area contributed by atoms with Gasteiger partial charge in [0.25, 0.3) is 10.0 Å². The van der Waals surface area contributed by atoms with Gasteiger partial charge in [0.05, 0.1) is 16.4 Å². The van der Waals surface area contributed by atoms with Gasteiger partial charge in [-0.3, -0.25) is 4.72 Å². The van der Waals surface area contributed by atoms with Gasteiger partial charge in [0, 0.05) is 18.0 Å². The third-order valence-electron chi connectivity index (χ3n) is 3.94. The predicted octanol–water partition coefficient (Wildman–Crippen LogP) is 4.46. The van der Waals surface area contributed by atoms with E-state index in [9.17, 15) is 8.42 Å². The van der Waals surface area contributed by atoms with Crippen molar-refractivity contribution in [2.24, 2.45) is 0 Å². The molecule has 0 saturated carbocycles. The fourth-order valence-electron chi connectivity index (χ4n) is 2.72. The molecule has 0 unspecified atom stereocenters. The lowest BCUT2D eigenvalue weighted by molar-refractivity contribution is 0.601. The van der Waals surface area contributed by atoms with Crippen LogP contribution in [-0.4, -0.2) is 17.8 Å². The lowest BCUT2D eigenvalue weighted by Crippen LogP contribution is -2.14. The predicted molar refractivity (Wildman–Crippen MR) is 103 cm³/mol. The van der Waals surface area contributed by atoms with Crippen LogP contribution in [0.25, 0.3) is 16.9 Å². The summed E-state index contributed by atoms with van der Waals surface area (Å²) >= 11 is 6.05. The first-order chi connectivity index (χ1) is 12.5. The Bertz CT molecular complexity index is 1170. The van der Waals surface area contributed by atoms with Gasteiger partial charge < -0.3 is 4.40 Å². The zero-order chi connectivity index (χ0) is 18.1. The minimum atomic E-state index is -3.82. The second-order valence-corrected chi connectivity index (χ2v) is 7.73. The Hall–Kier alpha value is -2.83. The Morgan fingerprint density at radius 3 is 2.46 bits per heavy atom. The van der Waals surface area contributed by atoms with E-state index in [0.29, 0.717) is 16.9 Å². The number of nitrogens with one attached hydrogen (secondary N) is 1. The molecular formula is C19H14ClN3O2S. The second kappa shape index (κ2) is 6.48. The van der Waals surface area contributed by atoms with E-state index >= 15 is 0 Å². The molecule has 0 aliphatic carbocycles. The molecular weight excluding hydrogens is 370 g/mol. The summed E-state index contributed by atoms with van der Waals surface area (Å²) in [5, 5.41) is 0.171. The van der Waals surface area contributed by atoms with Crippen molar-refractivity contribution >= 4 is 33.0 Å². The number of benzene rings is 2. The molecule has 0 fully saturated rings. The Balaban J connectivity index is 1.78. The number of anilines is 1. The van der Waals surface area contributed by atoms with Gasteiger partial charge in [-0.25, -0.2) is 13.4 Å². The minimum absolute atomic E-state index is 0.0338. The molecule has 0 saturated heterocycles. The van der Waals surface area contributed by atoms with Crippen molar-refractivity contribution < 1.29 is 8.42 Å². The molecule has 2 aromatic carbocycles. The molecule has 0 amide bonds. The van der Waals surface area contributed by atoms with Crippen molar-refractivity contribution in [1.29, 1.82) is 0 Å². The number of imidazole rings is 1. The summed E-state index contributed by atoms with van der Waals surface area (Å²) in [6.45, 7) is 0. The highest BCUT2D eigenvalue weighted by atomic mass is 35.5. The van der Waals surface area contributed by atoms with Crippen molar-refractivity contribution in [3.05, 3.63) is 84.1 Å². The topological polar surface area (TPSA) is 63.5 Å². The van der Waals surface area contributed by atoms with E-state index in [2.05, 4.69) is 9.71 Å². The molecule has 4 rings (SSSR count). The van der Waals surface area contributed by atoms with E-state index in [-0.39, 0.29) is 9.92 Å². The van der Waals surface area contributed by atoms with E-state index in [1.165, 1.54) is 6.07 Å². The zero-order valence-electron chi connectivity index (χ0n) is 13.5. The molecule has 7 heteroatoms. The average molecular weight is 384 g/mol. The van der Waals surface area contributed by atoms with Gasteiger partial charge in [-0.1, -0.05) is 48.0 Å². The van der Waals surface area contributed by atoms with Crippen LogP contribution in [0.1, 0.15) is 0 Å². The third-order valence-corrected chi connectivity index (χ3v) is 5.80. The van der Waals surface area contributed by atoms with Crippen LogP contribution >= 0.6 is 11.6 Å². The molecule has 0 bridgehead atoms. The number of halogens is 1. The number of hydrogen-bond acceptors (Lipinski definition) is 3. The van der Waals surface area contributed by atoms with Gasteiger partial charge in [0.1, 0.15) is 10.5 Å². The fourth-order valence-corrected chi connectivity index (χ4v) is 4.32. The molecule has 2 aromatic heterocycles. The summed E-state index contributed by atoms with van der Waals surface area (Å²) in [5.74, 6) is 0. The average Bonchev–Trinajstić information content (AvgIpc) is 3.06. The number of pyridine rings is 1. The van der Waals surface area contributed by atoms with E-state index in [1.54, 1.807) is 30.3 Å². The van der Waals surface area contributed by atoms with Crippen LogP contribution in [0.15, 0.2) is 84.0 Å². The van der Waals surface area contributed by atoms with E-state index < -0.39 is 10.0 Å². The van der Waals surface area contributed by atoms with Crippen molar-refractivity contribution in [3.63, 3.8) is 0 Å². The van der Waals surface area contributed by atoms with Gasteiger partial charge in [0.2, 0.25) is 0 Å². The van der Waals surface area contributed by atoms with Gasteiger partial charge in [-0.15, -0.1) is 0 Å². The number of sulfonamides is 1. The number of aromatic nitrogens is 2. The molecule has 0 radical (unpaired) electrons. The Kier molecular flexibility index (Phi) is 4.14. The molecule has 0 spiro atoms.